The lowest BCUT2D eigenvalue weighted by Gasteiger charge is -2.15. The Morgan fingerprint density at radius 3 is 3.14 bits per heavy atom. The van der Waals surface area contributed by atoms with Gasteiger partial charge in [0.05, 0.1) is 5.52 Å². The molecule has 5 nitrogen and oxygen atoms in total. The van der Waals surface area contributed by atoms with E-state index in [1.165, 1.54) is 0 Å². The number of carbonyl (C=O) groups is 1. The van der Waals surface area contributed by atoms with E-state index in [1.807, 2.05) is 30.1 Å². The molecule has 1 aliphatic rings. The maximum atomic E-state index is 12.6. The summed E-state index contributed by atoms with van der Waals surface area (Å²) in [7, 11) is 1.95. The van der Waals surface area contributed by atoms with E-state index in [0.717, 1.165) is 41.4 Å². The zero-order valence-electron chi connectivity index (χ0n) is 11.7. The van der Waals surface area contributed by atoms with Crippen molar-refractivity contribution in [2.75, 3.05) is 26.7 Å². The standard InChI is InChI=1S/C14H17BrN4O.ClH/c1-16-7-9-4-5-19(8-9)14(20)13-11-6-10(15)2-3-12(11)17-18-13;/h2-3,6,9,16H,4-5,7-8H2,1H3,(H,17,18);1H. The second-order valence-electron chi connectivity index (χ2n) is 5.23. The predicted octanol–water partition coefficient (Wildman–Crippen LogP) is 2.43. The third kappa shape index (κ3) is 3.22. The number of halogens is 2. The lowest BCUT2D eigenvalue weighted by atomic mass is 10.1. The first-order valence-corrected chi connectivity index (χ1v) is 7.56. The van der Waals surface area contributed by atoms with Gasteiger partial charge in [0.25, 0.3) is 5.91 Å². The van der Waals surface area contributed by atoms with Crippen LogP contribution >= 0.6 is 28.3 Å². The van der Waals surface area contributed by atoms with Gasteiger partial charge in [-0.15, -0.1) is 12.4 Å². The van der Waals surface area contributed by atoms with Crippen LogP contribution in [-0.4, -0.2) is 47.7 Å². The Balaban J connectivity index is 0.00000161. The molecule has 1 unspecified atom stereocenters. The normalized spacial score (nSPS) is 18.0. The Morgan fingerprint density at radius 1 is 1.57 bits per heavy atom. The molecule has 1 aromatic heterocycles. The largest absolute Gasteiger partial charge is 0.337 e. The first-order chi connectivity index (χ1) is 9.69. The highest BCUT2D eigenvalue weighted by atomic mass is 79.9. The van der Waals surface area contributed by atoms with Crippen molar-refractivity contribution in [2.45, 2.75) is 6.42 Å². The summed E-state index contributed by atoms with van der Waals surface area (Å²) >= 11 is 3.44. The summed E-state index contributed by atoms with van der Waals surface area (Å²) in [5.74, 6) is 0.564. The molecule has 2 heterocycles. The molecule has 0 saturated carbocycles. The second-order valence-corrected chi connectivity index (χ2v) is 6.14. The van der Waals surface area contributed by atoms with Crippen molar-refractivity contribution in [2.24, 2.45) is 5.92 Å². The highest BCUT2D eigenvalue weighted by molar-refractivity contribution is 9.10. The maximum Gasteiger partial charge on any atom is 0.275 e. The molecule has 0 radical (unpaired) electrons. The van der Waals surface area contributed by atoms with Crippen LogP contribution in [0, 0.1) is 5.92 Å². The maximum absolute atomic E-state index is 12.6. The lowest BCUT2D eigenvalue weighted by molar-refractivity contribution is 0.0783. The number of likely N-dealkylation sites (tertiary alicyclic amines) is 1. The van der Waals surface area contributed by atoms with Gasteiger partial charge >= 0.3 is 0 Å². The summed E-state index contributed by atoms with van der Waals surface area (Å²) in [4.78, 5) is 14.5. The van der Waals surface area contributed by atoms with Crippen molar-refractivity contribution >= 4 is 45.1 Å². The number of nitrogens with zero attached hydrogens (tertiary/aromatic N) is 2. The van der Waals surface area contributed by atoms with E-state index < -0.39 is 0 Å². The number of nitrogens with one attached hydrogen (secondary N) is 2. The van der Waals surface area contributed by atoms with Crippen molar-refractivity contribution in [3.05, 3.63) is 28.4 Å². The van der Waals surface area contributed by atoms with Crippen molar-refractivity contribution < 1.29 is 4.79 Å². The van der Waals surface area contributed by atoms with E-state index in [0.29, 0.717) is 11.6 Å². The van der Waals surface area contributed by atoms with Gasteiger partial charge in [0, 0.05) is 22.9 Å². The van der Waals surface area contributed by atoms with Crippen LogP contribution < -0.4 is 5.32 Å². The highest BCUT2D eigenvalue weighted by Gasteiger charge is 2.28. The number of fused-ring (bicyclic) bond motifs is 1. The molecule has 0 aliphatic carbocycles. The molecular formula is C14H18BrClN4O. The minimum absolute atomic E-state index is 0. The lowest BCUT2D eigenvalue weighted by Crippen LogP contribution is -2.30. The molecule has 1 fully saturated rings. The number of hydrogen-bond donors (Lipinski definition) is 2. The van der Waals surface area contributed by atoms with Crippen LogP contribution in [0.2, 0.25) is 0 Å². The average molecular weight is 374 g/mol. The Labute approximate surface area is 138 Å². The Kier molecular flexibility index (Phi) is 5.24. The van der Waals surface area contributed by atoms with Crippen molar-refractivity contribution in [3.63, 3.8) is 0 Å². The minimum Gasteiger partial charge on any atom is -0.337 e. The molecule has 0 bridgehead atoms. The van der Waals surface area contributed by atoms with Crippen LogP contribution in [-0.2, 0) is 0 Å². The number of hydrogen-bond acceptors (Lipinski definition) is 3. The number of amides is 1. The Hall–Kier alpha value is -1.11. The predicted molar refractivity (Wildman–Crippen MR) is 89.0 cm³/mol. The number of carbonyl (C=O) groups excluding carboxylic acids is 1. The van der Waals surface area contributed by atoms with Gasteiger partial charge in [-0.1, -0.05) is 15.9 Å². The molecule has 1 saturated heterocycles. The fourth-order valence-corrected chi connectivity index (χ4v) is 3.13. The van der Waals surface area contributed by atoms with Crippen LogP contribution in [0.4, 0.5) is 0 Å². The molecule has 2 N–H and O–H groups in total. The van der Waals surface area contributed by atoms with Crippen molar-refractivity contribution in [3.8, 4) is 0 Å². The summed E-state index contributed by atoms with van der Waals surface area (Å²) < 4.78 is 0.954. The fourth-order valence-electron chi connectivity index (χ4n) is 2.77. The van der Waals surface area contributed by atoms with Gasteiger partial charge in [-0.2, -0.15) is 5.10 Å². The molecule has 7 heteroatoms. The van der Waals surface area contributed by atoms with Gasteiger partial charge in [0.2, 0.25) is 0 Å². The monoisotopic (exact) mass is 372 g/mol. The van der Waals surface area contributed by atoms with E-state index in [-0.39, 0.29) is 18.3 Å². The topological polar surface area (TPSA) is 61.0 Å². The molecule has 21 heavy (non-hydrogen) atoms. The highest BCUT2D eigenvalue weighted by Crippen LogP contribution is 2.24. The van der Waals surface area contributed by atoms with E-state index in [2.05, 4.69) is 31.4 Å². The second kappa shape index (κ2) is 6.77. The molecule has 2 aromatic rings. The van der Waals surface area contributed by atoms with Crippen LogP contribution in [0.25, 0.3) is 10.9 Å². The van der Waals surface area contributed by atoms with Crippen LogP contribution in [0.3, 0.4) is 0 Å². The van der Waals surface area contributed by atoms with Gasteiger partial charge in [-0.25, -0.2) is 0 Å². The van der Waals surface area contributed by atoms with Gasteiger partial charge in [0.15, 0.2) is 5.69 Å². The van der Waals surface area contributed by atoms with E-state index in [4.69, 9.17) is 0 Å². The summed E-state index contributed by atoms with van der Waals surface area (Å²) in [6.07, 6.45) is 1.05. The van der Waals surface area contributed by atoms with Gasteiger partial charge < -0.3 is 10.2 Å². The number of H-pyrrole nitrogens is 1. The first kappa shape index (κ1) is 16.3. The Morgan fingerprint density at radius 2 is 2.38 bits per heavy atom. The molecule has 0 spiro atoms. The molecule has 1 atom stereocenters. The molecular weight excluding hydrogens is 356 g/mol. The summed E-state index contributed by atoms with van der Waals surface area (Å²) in [5, 5.41) is 11.2. The smallest absolute Gasteiger partial charge is 0.275 e. The number of benzene rings is 1. The minimum atomic E-state index is 0. The zero-order chi connectivity index (χ0) is 14.1. The van der Waals surface area contributed by atoms with Crippen LogP contribution in [0.15, 0.2) is 22.7 Å². The van der Waals surface area contributed by atoms with Gasteiger partial charge in [-0.05, 0) is 44.1 Å². The molecule has 1 aromatic carbocycles. The first-order valence-electron chi connectivity index (χ1n) is 6.76. The fraction of sp³-hybridized carbons (Fsp3) is 0.429. The van der Waals surface area contributed by atoms with Crippen LogP contribution in [0.1, 0.15) is 16.9 Å². The summed E-state index contributed by atoms with van der Waals surface area (Å²) in [6.45, 7) is 2.58. The molecule has 114 valence electrons. The molecule has 1 aliphatic heterocycles. The van der Waals surface area contributed by atoms with E-state index in [9.17, 15) is 4.79 Å². The zero-order valence-corrected chi connectivity index (χ0v) is 14.1. The summed E-state index contributed by atoms with van der Waals surface area (Å²) in [6, 6.07) is 5.80. The number of aromatic amines is 1. The molecule has 1 amide bonds. The van der Waals surface area contributed by atoms with E-state index >= 15 is 0 Å². The number of aromatic nitrogens is 2. The van der Waals surface area contributed by atoms with Crippen molar-refractivity contribution in [1.29, 1.82) is 0 Å². The number of rotatable bonds is 3. The molecule has 3 rings (SSSR count). The van der Waals surface area contributed by atoms with Crippen LogP contribution in [0.5, 0.6) is 0 Å². The SMILES string of the molecule is CNCC1CCN(C(=O)c2n[nH]c3ccc(Br)cc23)C1.Cl. The third-order valence-electron chi connectivity index (χ3n) is 3.79. The Bertz CT molecular complexity index is 645. The summed E-state index contributed by atoms with van der Waals surface area (Å²) in [5.41, 5.74) is 1.41. The van der Waals surface area contributed by atoms with E-state index in [1.54, 1.807) is 0 Å². The van der Waals surface area contributed by atoms with Crippen molar-refractivity contribution in [1.82, 2.24) is 20.4 Å². The quantitative estimate of drug-likeness (QED) is 0.868. The van der Waals surface area contributed by atoms with Gasteiger partial charge in [-0.3, -0.25) is 9.89 Å². The average Bonchev–Trinajstić information content (AvgIpc) is 3.05. The van der Waals surface area contributed by atoms with Gasteiger partial charge in [0.1, 0.15) is 0 Å². The third-order valence-corrected chi connectivity index (χ3v) is 4.29.